The van der Waals surface area contributed by atoms with E-state index in [2.05, 4.69) is 9.46 Å². The summed E-state index contributed by atoms with van der Waals surface area (Å²) < 4.78 is 68.0. The fourth-order valence-corrected chi connectivity index (χ4v) is 4.29. The Morgan fingerprint density at radius 2 is 1.97 bits per heavy atom. The van der Waals surface area contributed by atoms with Crippen molar-refractivity contribution in [3.05, 3.63) is 53.6 Å². The summed E-state index contributed by atoms with van der Waals surface area (Å²) in [6, 6.07) is 9.49. The van der Waals surface area contributed by atoms with E-state index in [1.807, 2.05) is 0 Å². The number of carbonyl (C=O) groups excluding carboxylic acids is 1. The number of fused-ring (bicyclic) bond motifs is 1. The van der Waals surface area contributed by atoms with Crippen molar-refractivity contribution < 1.29 is 31.1 Å². The van der Waals surface area contributed by atoms with Gasteiger partial charge in [0.05, 0.1) is 4.90 Å². The maximum absolute atomic E-state index is 13.0. The number of amides is 1. The smallest absolute Gasteiger partial charge is 0.406 e. The van der Waals surface area contributed by atoms with Crippen LogP contribution < -0.4 is 14.4 Å². The van der Waals surface area contributed by atoms with E-state index in [1.165, 1.54) is 41.3 Å². The van der Waals surface area contributed by atoms with E-state index < -0.39 is 22.3 Å². The van der Waals surface area contributed by atoms with E-state index in [0.29, 0.717) is 30.6 Å². The van der Waals surface area contributed by atoms with Crippen LogP contribution in [-0.2, 0) is 16.4 Å². The number of hydrogen-bond donors (Lipinski definition) is 1. The van der Waals surface area contributed by atoms with Gasteiger partial charge in [0.1, 0.15) is 5.75 Å². The highest BCUT2D eigenvalue weighted by atomic mass is 32.2. The Labute approximate surface area is 166 Å². The van der Waals surface area contributed by atoms with Gasteiger partial charge in [-0.15, -0.1) is 13.2 Å². The molecule has 0 aromatic heterocycles. The Morgan fingerprint density at radius 1 is 1.21 bits per heavy atom. The van der Waals surface area contributed by atoms with E-state index in [0.717, 1.165) is 6.07 Å². The van der Waals surface area contributed by atoms with Gasteiger partial charge in [-0.1, -0.05) is 13.0 Å². The van der Waals surface area contributed by atoms with Crippen molar-refractivity contribution in [2.75, 3.05) is 18.0 Å². The molecule has 0 spiro atoms. The lowest BCUT2D eigenvalue weighted by Gasteiger charge is -2.30. The van der Waals surface area contributed by atoms with Crippen LogP contribution in [0.1, 0.15) is 29.3 Å². The van der Waals surface area contributed by atoms with E-state index in [-0.39, 0.29) is 22.8 Å². The summed E-state index contributed by atoms with van der Waals surface area (Å²) >= 11 is 0. The van der Waals surface area contributed by atoms with Crippen LogP contribution in [0.15, 0.2) is 47.4 Å². The molecule has 1 aliphatic rings. The number of benzene rings is 2. The lowest BCUT2D eigenvalue weighted by molar-refractivity contribution is -0.274. The molecule has 29 heavy (non-hydrogen) atoms. The summed E-state index contributed by atoms with van der Waals surface area (Å²) in [5, 5.41) is 0. The summed E-state index contributed by atoms with van der Waals surface area (Å²) in [6.07, 6.45) is -3.73. The number of aryl methyl sites for hydroxylation is 1. The lowest BCUT2D eigenvalue weighted by atomic mass is 10.0. The minimum absolute atomic E-state index is 0.0311. The van der Waals surface area contributed by atoms with Crippen molar-refractivity contribution in [3.8, 4) is 5.75 Å². The molecular weight excluding hydrogens is 409 g/mol. The van der Waals surface area contributed by atoms with Crippen LogP contribution >= 0.6 is 0 Å². The summed E-state index contributed by atoms with van der Waals surface area (Å²) in [5.41, 5.74) is 1.21. The van der Waals surface area contributed by atoms with Gasteiger partial charge in [0.2, 0.25) is 10.0 Å². The Bertz CT molecular complexity index is 1020. The van der Waals surface area contributed by atoms with E-state index in [1.54, 1.807) is 6.92 Å². The van der Waals surface area contributed by atoms with Crippen LogP contribution in [0, 0.1) is 0 Å². The maximum atomic E-state index is 13.0. The van der Waals surface area contributed by atoms with Crippen molar-refractivity contribution >= 4 is 21.6 Å². The molecular formula is C19H19F3N2O4S. The van der Waals surface area contributed by atoms with Crippen molar-refractivity contribution in [1.29, 1.82) is 0 Å². The highest BCUT2D eigenvalue weighted by Gasteiger charge is 2.32. The van der Waals surface area contributed by atoms with Gasteiger partial charge in [-0.05, 0) is 54.8 Å². The normalized spacial score (nSPS) is 14.4. The molecule has 2 aromatic rings. The number of nitrogens with one attached hydrogen (secondary N) is 1. The maximum Gasteiger partial charge on any atom is 0.573 e. The first-order valence-corrected chi connectivity index (χ1v) is 10.4. The van der Waals surface area contributed by atoms with Crippen LogP contribution in [0.2, 0.25) is 0 Å². The molecule has 0 atom stereocenters. The van der Waals surface area contributed by atoms with Crippen molar-refractivity contribution in [1.82, 2.24) is 4.72 Å². The van der Waals surface area contributed by atoms with Crippen LogP contribution in [0.5, 0.6) is 5.75 Å². The number of anilines is 1. The van der Waals surface area contributed by atoms with Crippen LogP contribution in [0.25, 0.3) is 0 Å². The largest absolute Gasteiger partial charge is 0.573 e. The van der Waals surface area contributed by atoms with E-state index in [4.69, 9.17) is 0 Å². The fraction of sp³-hybridized carbons (Fsp3) is 0.316. The molecule has 0 saturated carbocycles. The lowest BCUT2D eigenvalue weighted by Crippen LogP contribution is -2.35. The predicted molar refractivity (Wildman–Crippen MR) is 100 cm³/mol. The third-order valence-electron chi connectivity index (χ3n) is 4.37. The minimum Gasteiger partial charge on any atom is -0.406 e. The molecule has 0 aliphatic carbocycles. The Kier molecular flexibility index (Phi) is 5.85. The monoisotopic (exact) mass is 428 g/mol. The molecule has 0 fully saturated rings. The van der Waals surface area contributed by atoms with Crippen molar-refractivity contribution in [2.45, 2.75) is 31.0 Å². The first-order chi connectivity index (χ1) is 13.6. The Morgan fingerprint density at radius 3 is 2.66 bits per heavy atom. The fourth-order valence-electron chi connectivity index (χ4n) is 3.21. The van der Waals surface area contributed by atoms with Gasteiger partial charge in [-0.2, -0.15) is 0 Å². The number of carbonyl (C=O) groups is 1. The van der Waals surface area contributed by atoms with Crippen LogP contribution in [0.4, 0.5) is 18.9 Å². The molecule has 6 nitrogen and oxygen atoms in total. The third kappa shape index (κ3) is 4.88. The SMILES string of the molecule is CCNS(=O)(=O)c1cccc(C(=O)N2CCCc3cc(OC(F)(F)F)ccc32)c1. The highest BCUT2D eigenvalue weighted by Crippen LogP contribution is 2.33. The summed E-state index contributed by atoms with van der Waals surface area (Å²) in [4.78, 5) is 14.4. The zero-order valence-electron chi connectivity index (χ0n) is 15.5. The summed E-state index contributed by atoms with van der Waals surface area (Å²) in [5.74, 6) is -0.770. The number of hydrogen-bond acceptors (Lipinski definition) is 4. The zero-order chi connectivity index (χ0) is 21.2. The number of alkyl halides is 3. The second-order valence-corrected chi connectivity index (χ2v) is 8.19. The van der Waals surface area contributed by atoms with E-state index >= 15 is 0 Å². The number of sulfonamides is 1. The van der Waals surface area contributed by atoms with Crippen LogP contribution in [0.3, 0.4) is 0 Å². The topological polar surface area (TPSA) is 75.7 Å². The zero-order valence-corrected chi connectivity index (χ0v) is 16.3. The average Bonchev–Trinajstić information content (AvgIpc) is 2.65. The molecule has 3 rings (SSSR count). The standard InChI is InChI=1S/C19H19F3N2O4S/c1-2-23-29(26,27)16-7-3-5-14(12-16)18(25)24-10-4-6-13-11-15(8-9-17(13)24)28-19(20,21)22/h3,5,7-9,11-12,23H,2,4,6,10H2,1H3. The Balaban J connectivity index is 1.91. The average molecular weight is 428 g/mol. The van der Waals surface area contributed by atoms with Gasteiger partial charge >= 0.3 is 6.36 Å². The summed E-state index contributed by atoms with van der Waals surface area (Å²) in [7, 11) is -3.72. The Hall–Kier alpha value is -2.59. The number of ether oxygens (including phenoxy) is 1. The molecule has 1 N–H and O–H groups in total. The minimum atomic E-state index is -4.79. The third-order valence-corrected chi connectivity index (χ3v) is 5.92. The molecule has 2 aromatic carbocycles. The number of nitrogens with zero attached hydrogens (tertiary/aromatic N) is 1. The summed E-state index contributed by atoms with van der Waals surface area (Å²) in [6.45, 7) is 2.23. The van der Waals surface area contributed by atoms with Gasteiger partial charge in [0, 0.05) is 24.3 Å². The molecule has 0 radical (unpaired) electrons. The molecule has 156 valence electrons. The van der Waals surface area contributed by atoms with Crippen molar-refractivity contribution in [3.63, 3.8) is 0 Å². The van der Waals surface area contributed by atoms with Gasteiger partial charge in [0.25, 0.3) is 5.91 Å². The second-order valence-electron chi connectivity index (χ2n) is 6.43. The van der Waals surface area contributed by atoms with Crippen molar-refractivity contribution in [2.24, 2.45) is 0 Å². The first kappa shape index (κ1) is 21.1. The van der Waals surface area contributed by atoms with Gasteiger partial charge in [-0.25, -0.2) is 13.1 Å². The quantitative estimate of drug-likeness (QED) is 0.791. The molecule has 10 heteroatoms. The second kappa shape index (κ2) is 8.03. The van der Waals surface area contributed by atoms with E-state index in [9.17, 15) is 26.4 Å². The molecule has 1 aliphatic heterocycles. The molecule has 1 amide bonds. The highest BCUT2D eigenvalue weighted by molar-refractivity contribution is 7.89. The van der Waals surface area contributed by atoms with Gasteiger partial charge in [0.15, 0.2) is 0 Å². The first-order valence-electron chi connectivity index (χ1n) is 8.91. The molecule has 0 bridgehead atoms. The molecule has 0 unspecified atom stereocenters. The number of rotatable bonds is 5. The van der Waals surface area contributed by atoms with Gasteiger partial charge < -0.3 is 9.64 Å². The van der Waals surface area contributed by atoms with Gasteiger partial charge in [-0.3, -0.25) is 4.79 Å². The molecule has 1 heterocycles. The molecule has 0 saturated heterocycles. The number of halogens is 3. The predicted octanol–water partition coefficient (Wildman–Crippen LogP) is 3.48. The van der Waals surface area contributed by atoms with Crippen LogP contribution in [-0.4, -0.2) is 33.8 Å².